The summed E-state index contributed by atoms with van der Waals surface area (Å²) >= 11 is 3.42. The molecule has 1 N–H and O–H groups in total. The first-order chi connectivity index (χ1) is 13.3. The van der Waals surface area contributed by atoms with Crippen LogP contribution >= 0.6 is 15.9 Å². The number of methoxy groups -OCH3 is 1. The summed E-state index contributed by atoms with van der Waals surface area (Å²) in [7, 11) is 1.67. The first kappa shape index (κ1) is 20.5. The number of likely N-dealkylation sites (tertiary alicyclic amines) is 1. The summed E-state index contributed by atoms with van der Waals surface area (Å²) in [4.78, 5) is 14.9. The number of halogens is 1. The van der Waals surface area contributed by atoms with E-state index in [1.165, 1.54) is 0 Å². The maximum atomic E-state index is 13.0. The van der Waals surface area contributed by atoms with Crippen molar-refractivity contribution in [1.82, 2.24) is 4.90 Å². The van der Waals surface area contributed by atoms with Gasteiger partial charge in [0.25, 0.3) is 0 Å². The molecule has 1 fully saturated rings. The molecule has 3 rings (SSSR count). The maximum absolute atomic E-state index is 13.0. The fraction of sp³-hybridized carbons (Fsp3) is 0.348. The fourth-order valence-electron chi connectivity index (χ4n) is 3.67. The Kier molecular flexibility index (Phi) is 6.14. The van der Waals surface area contributed by atoms with Crippen LogP contribution in [0.1, 0.15) is 32.8 Å². The van der Waals surface area contributed by atoms with Crippen molar-refractivity contribution in [1.29, 1.82) is 0 Å². The Morgan fingerprint density at radius 1 is 1.25 bits per heavy atom. The molecule has 0 bridgehead atoms. The molecule has 28 heavy (non-hydrogen) atoms. The average Bonchev–Trinajstić information content (AvgIpc) is 2.98. The van der Waals surface area contributed by atoms with Crippen molar-refractivity contribution >= 4 is 33.2 Å². The van der Waals surface area contributed by atoms with E-state index in [1.54, 1.807) is 7.11 Å². The van der Waals surface area contributed by atoms with Gasteiger partial charge < -0.3 is 15.0 Å². The van der Waals surface area contributed by atoms with E-state index < -0.39 is 0 Å². The van der Waals surface area contributed by atoms with E-state index in [1.807, 2.05) is 47.4 Å². The fourth-order valence-corrected chi connectivity index (χ4v) is 3.94. The number of anilines is 1. The molecule has 0 aliphatic carbocycles. The number of allylic oxidation sites excluding steroid dienone is 1. The number of benzene rings is 2. The molecule has 0 radical (unpaired) electrons. The van der Waals surface area contributed by atoms with Crippen LogP contribution in [0.2, 0.25) is 0 Å². The van der Waals surface area contributed by atoms with Crippen LogP contribution in [0, 0.1) is 5.41 Å². The van der Waals surface area contributed by atoms with E-state index in [0.717, 1.165) is 40.0 Å². The van der Waals surface area contributed by atoms with Gasteiger partial charge in [0.2, 0.25) is 0 Å². The van der Waals surface area contributed by atoms with Gasteiger partial charge in [-0.3, -0.25) is 0 Å². The molecule has 2 amide bonds. The lowest BCUT2D eigenvalue weighted by molar-refractivity contribution is 0.210. The number of hydrogen-bond donors (Lipinski definition) is 1. The highest BCUT2D eigenvalue weighted by Gasteiger charge is 2.39. The van der Waals surface area contributed by atoms with Crippen molar-refractivity contribution in [3.63, 3.8) is 0 Å². The summed E-state index contributed by atoms with van der Waals surface area (Å²) in [6.45, 7) is 7.23. The highest BCUT2D eigenvalue weighted by Crippen LogP contribution is 2.36. The summed E-state index contributed by atoms with van der Waals surface area (Å²) < 4.78 is 6.33. The molecule has 1 atom stereocenters. The number of amides is 2. The first-order valence-electron chi connectivity index (χ1n) is 9.43. The number of nitrogens with one attached hydrogen (secondary N) is 1. The summed E-state index contributed by atoms with van der Waals surface area (Å²) in [5.41, 5.74) is 3.12. The molecular weight excluding hydrogens is 416 g/mol. The monoisotopic (exact) mass is 442 g/mol. The molecule has 2 aromatic carbocycles. The normalized spacial score (nSPS) is 18.8. The number of ether oxygens (including phenoxy) is 1. The van der Waals surface area contributed by atoms with Gasteiger partial charge in [-0.2, -0.15) is 0 Å². The van der Waals surface area contributed by atoms with Crippen LogP contribution in [0.3, 0.4) is 0 Å². The summed E-state index contributed by atoms with van der Waals surface area (Å²) in [6, 6.07) is 15.7. The molecule has 1 heterocycles. The third-order valence-electron chi connectivity index (χ3n) is 5.08. The van der Waals surface area contributed by atoms with Crippen LogP contribution in [-0.4, -0.2) is 30.6 Å². The largest absolute Gasteiger partial charge is 0.497 e. The molecule has 0 aromatic heterocycles. The van der Waals surface area contributed by atoms with Gasteiger partial charge in [-0.25, -0.2) is 4.79 Å². The Balaban J connectivity index is 1.81. The Bertz CT molecular complexity index is 874. The van der Waals surface area contributed by atoms with Gasteiger partial charge in [0.15, 0.2) is 0 Å². The van der Waals surface area contributed by atoms with Crippen LogP contribution in [0.5, 0.6) is 5.75 Å². The number of nitrogens with zero attached hydrogens (tertiary/aromatic N) is 1. The smallest absolute Gasteiger partial charge is 0.322 e. The predicted molar refractivity (Wildman–Crippen MR) is 119 cm³/mol. The third kappa shape index (κ3) is 4.96. The zero-order chi connectivity index (χ0) is 20.3. The molecule has 1 saturated heterocycles. The zero-order valence-electron chi connectivity index (χ0n) is 16.8. The minimum absolute atomic E-state index is 0.0525. The highest BCUT2D eigenvalue weighted by molar-refractivity contribution is 9.10. The highest BCUT2D eigenvalue weighted by atomic mass is 79.9. The summed E-state index contributed by atoms with van der Waals surface area (Å²) in [6.07, 6.45) is 3.13. The van der Waals surface area contributed by atoms with Crippen molar-refractivity contribution in [3.05, 3.63) is 64.6 Å². The van der Waals surface area contributed by atoms with Gasteiger partial charge in [-0.15, -0.1) is 0 Å². The Hall–Kier alpha value is -2.27. The molecule has 0 saturated carbocycles. The van der Waals surface area contributed by atoms with E-state index >= 15 is 0 Å². The SMILES string of the molecule is COc1cccc(/C(C)=C/[C@@H]2CC(C)(C)CN2C(=O)Nc2ccc(Br)cc2)c1. The Morgan fingerprint density at radius 2 is 1.96 bits per heavy atom. The Morgan fingerprint density at radius 3 is 2.64 bits per heavy atom. The summed E-state index contributed by atoms with van der Waals surface area (Å²) in [5, 5.41) is 3.03. The minimum atomic E-state index is -0.0624. The van der Waals surface area contributed by atoms with Crippen molar-refractivity contribution in [2.24, 2.45) is 5.41 Å². The standard InChI is InChI=1S/C23H27BrN2O2/c1-16(17-6-5-7-21(13-17)28-4)12-20-14-23(2,3)15-26(20)22(27)25-19-10-8-18(24)9-11-19/h5-13,20H,14-15H2,1-4H3,(H,25,27)/b16-12+/t20-/m1/s1. The average molecular weight is 443 g/mol. The number of carbonyl (C=O) groups excluding carboxylic acids is 1. The number of carbonyl (C=O) groups is 1. The van der Waals surface area contributed by atoms with Crippen LogP contribution in [0.25, 0.3) is 5.57 Å². The second-order valence-electron chi connectivity index (χ2n) is 8.08. The maximum Gasteiger partial charge on any atom is 0.322 e. The second kappa shape index (κ2) is 8.39. The van der Waals surface area contributed by atoms with Crippen molar-refractivity contribution in [2.75, 3.05) is 19.0 Å². The van der Waals surface area contributed by atoms with Gasteiger partial charge in [-0.05, 0) is 66.3 Å². The lowest BCUT2D eigenvalue weighted by atomic mass is 9.90. The predicted octanol–water partition coefficient (Wildman–Crippen LogP) is 6.19. The third-order valence-corrected chi connectivity index (χ3v) is 5.61. The number of hydrogen-bond acceptors (Lipinski definition) is 2. The first-order valence-corrected chi connectivity index (χ1v) is 10.2. The molecule has 1 aliphatic heterocycles. The lowest BCUT2D eigenvalue weighted by Crippen LogP contribution is -2.38. The topological polar surface area (TPSA) is 41.6 Å². The van der Waals surface area contributed by atoms with Crippen molar-refractivity contribution in [3.8, 4) is 5.75 Å². The van der Waals surface area contributed by atoms with Crippen LogP contribution < -0.4 is 10.1 Å². The van der Waals surface area contributed by atoms with Gasteiger partial charge in [0.05, 0.1) is 13.2 Å². The zero-order valence-corrected chi connectivity index (χ0v) is 18.4. The van der Waals surface area contributed by atoms with E-state index in [9.17, 15) is 4.79 Å². The van der Waals surface area contributed by atoms with Gasteiger partial charge >= 0.3 is 6.03 Å². The molecule has 0 unspecified atom stereocenters. The molecule has 5 heteroatoms. The summed E-state index contributed by atoms with van der Waals surface area (Å²) in [5.74, 6) is 0.835. The van der Waals surface area contributed by atoms with Crippen molar-refractivity contribution in [2.45, 2.75) is 33.2 Å². The molecule has 0 spiro atoms. The number of rotatable bonds is 4. The van der Waals surface area contributed by atoms with E-state index in [-0.39, 0.29) is 17.5 Å². The molecule has 1 aliphatic rings. The van der Waals surface area contributed by atoms with Crippen LogP contribution in [0.15, 0.2) is 59.1 Å². The van der Waals surface area contributed by atoms with Crippen LogP contribution in [0.4, 0.5) is 10.5 Å². The second-order valence-corrected chi connectivity index (χ2v) is 9.00. The Labute approximate surface area is 175 Å². The minimum Gasteiger partial charge on any atom is -0.497 e. The van der Waals surface area contributed by atoms with E-state index in [4.69, 9.17) is 4.74 Å². The van der Waals surface area contributed by atoms with Crippen LogP contribution in [-0.2, 0) is 0 Å². The number of urea groups is 1. The van der Waals surface area contributed by atoms with Crippen molar-refractivity contribution < 1.29 is 9.53 Å². The molecule has 148 valence electrons. The van der Waals surface area contributed by atoms with Gasteiger partial charge in [0, 0.05) is 16.7 Å². The van der Waals surface area contributed by atoms with Gasteiger partial charge in [0.1, 0.15) is 5.75 Å². The molecular formula is C23H27BrN2O2. The van der Waals surface area contributed by atoms with E-state index in [2.05, 4.69) is 54.2 Å². The quantitative estimate of drug-likeness (QED) is 0.612. The molecule has 4 nitrogen and oxygen atoms in total. The lowest BCUT2D eigenvalue weighted by Gasteiger charge is -2.24. The molecule has 2 aromatic rings. The van der Waals surface area contributed by atoms with Gasteiger partial charge in [-0.1, -0.05) is 48.0 Å². The van der Waals surface area contributed by atoms with E-state index in [0.29, 0.717) is 0 Å².